The molecular weight excluding hydrogens is 226 g/mol. The Morgan fingerprint density at radius 3 is 2.83 bits per heavy atom. The van der Waals surface area contributed by atoms with Crippen LogP contribution in [0, 0.1) is 6.92 Å². The molecule has 0 aliphatic rings. The predicted octanol–water partition coefficient (Wildman–Crippen LogP) is 1.95. The molecule has 0 radical (unpaired) electrons. The lowest BCUT2D eigenvalue weighted by Gasteiger charge is -2.08. The Balaban J connectivity index is 2.23. The molecule has 1 N–H and O–H groups in total. The standard InChI is InChI=1S/C14H19N3O/c1-9(2)15-14(18)8-11-5-6-13-12(7-11)16-10(3)17(13)4/h5-7,9H,8H2,1-4H3,(H,15,18). The first-order valence-corrected chi connectivity index (χ1v) is 6.18. The molecule has 96 valence electrons. The van der Waals surface area contributed by atoms with Crippen LogP contribution in [0.4, 0.5) is 0 Å². The van der Waals surface area contributed by atoms with E-state index in [0.717, 1.165) is 22.4 Å². The Morgan fingerprint density at radius 1 is 1.44 bits per heavy atom. The third-order valence-electron chi connectivity index (χ3n) is 2.98. The van der Waals surface area contributed by atoms with Crippen LogP contribution in [0.5, 0.6) is 0 Å². The summed E-state index contributed by atoms with van der Waals surface area (Å²) < 4.78 is 2.05. The summed E-state index contributed by atoms with van der Waals surface area (Å²) in [5.74, 6) is 1.03. The number of aryl methyl sites for hydroxylation is 2. The van der Waals surface area contributed by atoms with E-state index >= 15 is 0 Å². The van der Waals surface area contributed by atoms with Crippen molar-refractivity contribution in [3.63, 3.8) is 0 Å². The van der Waals surface area contributed by atoms with Crippen LogP contribution in [0.25, 0.3) is 11.0 Å². The van der Waals surface area contributed by atoms with Crippen LogP contribution in [-0.4, -0.2) is 21.5 Å². The van der Waals surface area contributed by atoms with E-state index in [2.05, 4.69) is 10.3 Å². The predicted molar refractivity (Wildman–Crippen MR) is 72.4 cm³/mol. The molecule has 2 rings (SSSR count). The zero-order chi connectivity index (χ0) is 13.3. The van der Waals surface area contributed by atoms with Gasteiger partial charge in [-0.25, -0.2) is 4.98 Å². The van der Waals surface area contributed by atoms with E-state index in [4.69, 9.17) is 0 Å². The van der Waals surface area contributed by atoms with Crippen LogP contribution in [0.15, 0.2) is 18.2 Å². The summed E-state index contributed by atoms with van der Waals surface area (Å²) in [6.45, 7) is 5.90. The normalized spacial score (nSPS) is 11.2. The fourth-order valence-corrected chi connectivity index (χ4v) is 2.03. The van der Waals surface area contributed by atoms with Crippen molar-refractivity contribution in [3.8, 4) is 0 Å². The maximum Gasteiger partial charge on any atom is 0.224 e. The van der Waals surface area contributed by atoms with Crippen molar-refractivity contribution in [2.24, 2.45) is 7.05 Å². The molecule has 1 amide bonds. The molecular formula is C14H19N3O. The number of rotatable bonds is 3. The highest BCUT2D eigenvalue weighted by Gasteiger charge is 2.08. The van der Waals surface area contributed by atoms with Gasteiger partial charge >= 0.3 is 0 Å². The topological polar surface area (TPSA) is 46.9 Å². The number of amides is 1. The molecule has 0 aliphatic heterocycles. The van der Waals surface area contributed by atoms with E-state index in [1.165, 1.54) is 0 Å². The van der Waals surface area contributed by atoms with Crippen LogP contribution in [0.3, 0.4) is 0 Å². The number of fused-ring (bicyclic) bond motifs is 1. The highest BCUT2D eigenvalue weighted by atomic mass is 16.1. The summed E-state index contributed by atoms with van der Waals surface area (Å²) in [5, 5.41) is 2.89. The van der Waals surface area contributed by atoms with Crippen LogP contribution in [0.2, 0.25) is 0 Å². The first-order chi connectivity index (χ1) is 8.47. The van der Waals surface area contributed by atoms with Gasteiger partial charge in [0.15, 0.2) is 0 Å². The molecule has 4 nitrogen and oxygen atoms in total. The van der Waals surface area contributed by atoms with Crippen molar-refractivity contribution in [2.45, 2.75) is 33.2 Å². The lowest BCUT2D eigenvalue weighted by Crippen LogP contribution is -2.31. The average Bonchev–Trinajstić information content (AvgIpc) is 2.53. The van der Waals surface area contributed by atoms with Gasteiger partial charge in [0.05, 0.1) is 17.5 Å². The van der Waals surface area contributed by atoms with E-state index in [9.17, 15) is 4.79 Å². The highest BCUT2D eigenvalue weighted by Crippen LogP contribution is 2.16. The minimum atomic E-state index is 0.0528. The monoisotopic (exact) mass is 245 g/mol. The van der Waals surface area contributed by atoms with Crippen molar-refractivity contribution in [1.82, 2.24) is 14.9 Å². The van der Waals surface area contributed by atoms with Crippen LogP contribution in [-0.2, 0) is 18.3 Å². The summed E-state index contributed by atoms with van der Waals surface area (Å²) in [6.07, 6.45) is 0.406. The lowest BCUT2D eigenvalue weighted by molar-refractivity contribution is -0.120. The molecule has 1 heterocycles. The zero-order valence-electron chi connectivity index (χ0n) is 11.3. The Bertz CT molecular complexity index is 584. The summed E-state index contributed by atoms with van der Waals surface area (Å²) in [6, 6.07) is 6.18. The van der Waals surface area contributed by atoms with Crippen molar-refractivity contribution < 1.29 is 4.79 Å². The van der Waals surface area contributed by atoms with E-state index in [-0.39, 0.29) is 11.9 Å². The fraction of sp³-hybridized carbons (Fsp3) is 0.429. The van der Waals surface area contributed by atoms with Crippen LogP contribution < -0.4 is 5.32 Å². The van der Waals surface area contributed by atoms with Crippen LogP contribution >= 0.6 is 0 Å². The number of nitrogens with zero attached hydrogens (tertiary/aromatic N) is 2. The molecule has 0 spiro atoms. The number of aromatic nitrogens is 2. The lowest BCUT2D eigenvalue weighted by atomic mass is 10.1. The van der Waals surface area contributed by atoms with E-state index < -0.39 is 0 Å². The quantitative estimate of drug-likeness (QED) is 0.898. The van der Waals surface area contributed by atoms with Crippen molar-refractivity contribution >= 4 is 16.9 Å². The SMILES string of the molecule is Cc1nc2cc(CC(=O)NC(C)C)ccc2n1C. The summed E-state index contributed by atoms with van der Waals surface area (Å²) in [5.41, 5.74) is 3.05. The molecule has 2 aromatic rings. The second kappa shape index (κ2) is 4.80. The van der Waals surface area contributed by atoms with Crippen molar-refractivity contribution in [3.05, 3.63) is 29.6 Å². The first kappa shape index (κ1) is 12.6. The Morgan fingerprint density at radius 2 is 2.17 bits per heavy atom. The summed E-state index contributed by atoms with van der Waals surface area (Å²) >= 11 is 0. The first-order valence-electron chi connectivity index (χ1n) is 6.18. The summed E-state index contributed by atoms with van der Waals surface area (Å²) in [4.78, 5) is 16.2. The highest BCUT2D eigenvalue weighted by molar-refractivity contribution is 5.82. The average molecular weight is 245 g/mol. The molecule has 0 unspecified atom stereocenters. The molecule has 1 aromatic carbocycles. The van der Waals surface area contributed by atoms with E-state index in [0.29, 0.717) is 6.42 Å². The molecule has 0 bridgehead atoms. The largest absolute Gasteiger partial charge is 0.354 e. The van der Waals surface area contributed by atoms with Crippen molar-refractivity contribution in [2.75, 3.05) is 0 Å². The number of carbonyl (C=O) groups excluding carboxylic acids is 1. The molecule has 0 aliphatic carbocycles. The Labute approximate surface area is 107 Å². The molecule has 1 aromatic heterocycles. The van der Waals surface area contributed by atoms with Gasteiger partial charge in [-0.15, -0.1) is 0 Å². The van der Waals surface area contributed by atoms with E-state index in [1.54, 1.807) is 0 Å². The second-order valence-corrected chi connectivity index (χ2v) is 4.94. The van der Waals surface area contributed by atoms with Gasteiger partial charge < -0.3 is 9.88 Å². The molecule has 0 saturated carbocycles. The number of nitrogens with one attached hydrogen (secondary N) is 1. The maximum atomic E-state index is 11.7. The number of imidazole rings is 1. The maximum absolute atomic E-state index is 11.7. The Hall–Kier alpha value is -1.84. The smallest absolute Gasteiger partial charge is 0.224 e. The van der Waals surface area contributed by atoms with Crippen LogP contribution in [0.1, 0.15) is 25.2 Å². The Kier molecular flexibility index (Phi) is 3.36. The third-order valence-corrected chi connectivity index (χ3v) is 2.98. The molecule has 4 heteroatoms. The van der Waals surface area contributed by atoms with Gasteiger partial charge in [-0.1, -0.05) is 6.07 Å². The van der Waals surface area contributed by atoms with Gasteiger partial charge in [-0.05, 0) is 38.5 Å². The zero-order valence-corrected chi connectivity index (χ0v) is 11.3. The number of hydrogen-bond donors (Lipinski definition) is 1. The van der Waals surface area contributed by atoms with Gasteiger partial charge in [-0.2, -0.15) is 0 Å². The molecule has 0 fully saturated rings. The van der Waals surface area contributed by atoms with Gasteiger partial charge in [0.1, 0.15) is 5.82 Å². The van der Waals surface area contributed by atoms with E-state index in [1.807, 2.05) is 50.6 Å². The summed E-state index contributed by atoms with van der Waals surface area (Å²) in [7, 11) is 2.00. The minimum absolute atomic E-state index is 0.0528. The minimum Gasteiger partial charge on any atom is -0.354 e. The number of hydrogen-bond acceptors (Lipinski definition) is 2. The van der Waals surface area contributed by atoms with Gasteiger partial charge in [-0.3, -0.25) is 4.79 Å². The molecule has 0 atom stereocenters. The number of carbonyl (C=O) groups is 1. The van der Waals surface area contributed by atoms with Gasteiger partial charge in [0.2, 0.25) is 5.91 Å². The van der Waals surface area contributed by atoms with Gasteiger partial charge in [0, 0.05) is 13.1 Å². The fourth-order valence-electron chi connectivity index (χ4n) is 2.03. The second-order valence-electron chi connectivity index (χ2n) is 4.94. The molecule has 0 saturated heterocycles. The van der Waals surface area contributed by atoms with Crippen molar-refractivity contribution in [1.29, 1.82) is 0 Å². The number of benzene rings is 1. The molecule has 18 heavy (non-hydrogen) atoms. The van der Waals surface area contributed by atoms with Gasteiger partial charge in [0.25, 0.3) is 0 Å². The third kappa shape index (κ3) is 2.53.